The minimum atomic E-state index is -0.581. The van der Waals surface area contributed by atoms with Gasteiger partial charge in [0.15, 0.2) is 0 Å². The number of rotatable bonds is 12. The first-order valence-electron chi connectivity index (χ1n) is 9.88. The fourth-order valence-electron chi connectivity index (χ4n) is 3.02. The lowest BCUT2D eigenvalue weighted by Gasteiger charge is -2.16. The van der Waals surface area contributed by atoms with E-state index in [2.05, 4.69) is 11.4 Å². The summed E-state index contributed by atoms with van der Waals surface area (Å²) in [6.07, 6.45) is 2.86. The molecule has 0 unspecified atom stereocenters. The Kier molecular flexibility index (Phi) is 8.93. The van der Waals surface area contributed by atoms with Gasteiger partial charge in [-0.15, -0.1) is 0 Å². The van der Waals surface area contributed by atoms with E-state index in [1.54, 1.807) is 0 Å². The molecule has 2 aromatic rings. The van der Waals surface area contributed by atoms with Crippen molar-refractivity contribution >= 4 is 0 Å². The first-order chi connectivity index (χ1) is 13.4. The first kappa shape index (κ1) is 22.4. The average Bonchev–Trinajstić information content (AvgIpc) is 2.68. The maximum atomic E-state index is 9.71. The predicted molar refractivity (Wildman–Crippen MR) is 111 cm³/mol. The van der Waals surface area contributed by atoms with Crippen molar-refractivity contribution in [1.82, 2.24) is 5.32 Å². The third-order valence-corrected chi connectivity index (χ3v) is 4.64. The highest BCUT2D eigenvalue weighted by Crippen LogP contribution is 2.18. The number of nitrogens with one attached hydrogen (secondary N) is 1. The Hall–Kier alpha value is -1.92. The van der Waals surface area contributed by atoms with Crippen LogP contribution >= 0.6 is 0 Å². The van der Waals surface area contributed by atoms with Crippen molar-refractivity contribution in [2.45, 2.75) is 65.1 Å². The third kappa shape index (κ3) is 7.98. The normalized spacial score (nSPS) is 11.6. The van der Waals surface area contributed by atoms with Crippen LogP contribution in [0, 0.1) is 0 Å². The Morgan fingerprint density at radius 2 is 1.71 bits per heavy atom. The largest absolute Gasteiger partial charge is 0.489 e. The van der Waals surface area contributed by atoms with Gasteiger partial charge in [0.25, 0.3) is 0 Å². The number of aliphatic hydroxyl groups is 3. The van der Waals surface area contributed by atoms with Gasteiger partial charge in [0.05, 0.1) is 18.8 Å². The molecular formula is C23H33NO4. The van der Waals surface area contributed by atoms with Gasteiger partial charge in [0.1, 0.15) is 12.4 Å². The molecule has 28 heavy (non-hydrogen) atoms. The summed E-state index contributed by atoms with van der Waals surface area (Å²) in [6.45, 7) is 5.62. The second kappa shape index (κ2) is 11.2. The highest BCUT2D eigenvalue weighted by Gasteiger charge is 2.10. The van der Waals surface area contributed by atoms with Gasteiger partial charge in [-0.3, -0.25) is 0 Å². The highest BCUT2D eigenvalue weighted by atomic mass is 16.5. The van der Waals surface area contributed by atoms with Crippen LogP contribution in [0.3, 0.4) is 0 Å². The van der Waals surface area contributed by atoms with Crippen LogP contribution in [0.4, 0.5) is 0 Å². The van der Waals surface area contributed by atoms with Crippen LogP contribution in [0.2, 0.25) is 0 Å². The molecule has 0 aliphatic heterocycles. The van der Waals surface area contributed by atoms with Crippen LogP contribution in [0.25, 0.3) is 0 Å². The van der Waals surface area contributed by atoms with E-state index in [-0.39, 0.29) is 13.2 Å². The SMILES string of the molecule is CC(C)(O)CCCCNCc1cccc(OCc2ccc(CO)c(CO)c2)c1. The standard InChI is InChI=1S/C23H33NO4/c1-23(2,27)10-3-4-11-24-14-18-6-5-7-22(13-18)28-17-19-8-9-20(15-25)21(12-19)16-26/h5-9,12-13,24-27H,3-4,10-11,14-17H2,1-2H3. The van der Waals surface area contributed by atoms with Gasteiger partial charge >= 0.3 is 0 Å². The molecule has 0 amide bonds. The summed E-state index contributed by atoms with van der Waals surface area (Å²) in [7, 11) is 0. The van der Waals surface area contributed by atoms with E-state index in [0.717, 1.165) is 60.4 Å². The molecule has 4 N–H and O–H groups in total. The van der Waals surface area contributed by atoms with E-state index in [1.807, 2.05) is 50.2 Å². The summed E-state index contributed by atoms with van der Waals surface area (Å²) in [5, 5.41) is 31.8. The molecule has 0 aliphatic rings. The van der Waals surface area contributed by atoms with Gasteiger partial charge < -0.3 is 25.4 Å². The van der Waals surface area contributed by atoms with Crippen molar-refractivity contribution in [2.24, 2.45) is 0 Å². The fraction of sp³-hybridized carbons (Fsp3) is 0.478. The Labute approximate surface area is 168 Å². The van der Waals surface area contributed by atoms with Gasteiger partial charge in [0, 0.05) is 6.54 Å². The van der Waals surface area contributed by atoms with Crippen molar-refractivity contribution in [3.05, 3.63) is 64.7 Å². The maximum absolute atomic E-state index is 9.71. The van der Waals surface area contributed by atoms with Gasteiger partial charge in [-0.05, 0) is 80.1 Å². The number of hydrogen-bond acceptors (Lipinski definition) is 5. The van der Waals surface area contributed by atoms with E-state index < -0.39 is 5.60 Å². The zero-order valence-electron chi connectivity index (χ0n) is 16.9. The van der Waals surface area contributed by atoms with E-state index in [1.165, 1.54) is 0 Å². The van der Waals surface area contributed by atoms with Gasteiger partial charge in [-0.1, -0.05) is 24.3 Å². The number of unbranched alkanes of at least 4 members (excludes halogenated alkanes) is 1. The number of benzene rings is 2. The molecule has 154 valence electrons. The monoisotopic (exact) mass is 387 g/mol. The number of hydrogen-bond donors (Lipinski definition) is 4. The Morgan fingerprint density at radius 1 is 0.929 bits per heavy atom. The maximum Gasteiger partial charge on any atom is 0.120 e. The van der Waals surface area contributed by atoms with E-state index in [9.17, 15) is 15.3 Å². The van der Waals surface area contributed by atoms with Crippen LogP contribution in [-0.4, -0.2) is 27.5 Å². The summed E-state index contributed by atoms with van der Waals surface area (Å²) < 4.78 is 5.89. The molecule has 5 heteroatoms. The fourth-order valence-corrected chi connectivity index (χ4v) is 3.02. The minimum absolute atomic E-state index is 0.0795. The second-order valence-corrected chi connectivity index (χ2v) is 7.80. The molecule has 2 rings (SSSR count). The summed E-state index contributed by atoms with van der Waals surface area (Å²) in [5.41, 5.74) is 3.00. The topological polar surface area (TPSA) is 82.0 Å². The highest BCUT2D eigenvalue weighted by molar-refractivity contribution is 5.32. The molecule has 0 saturated heterocycles. The molecule has 0 spiro atoms. The molecule has 0 aromatic heterocycles. The van der Waals surface area contributed by atoms with Crippen molar-refractivity contribution in [1.29, 1.82) is 0 Å². The molecular weight excluding hydrogens is 354 g/mol. The van der Waals surface area contributed by atoms with Crippen LogP contribution in [0.15, 0.2) is 42.5 Å². The third-order valence-electron chi connectivity index (χ3n) is 4.64. The molecule has 0 radical (unpaired) electrons. The van der Waals surface area contributed by atoms with Crippen molar-refractivity contribution < 1.29 is 20.1 Å². The predicted octanol–water partition coefficient (Wildman–Crippen LogP) is 3.28. The average molecular weight is 388 g/mol. The summed E-state index contributed by atoms with van der Waals surface area (Å²) in [6, 6.07) is 13.6. The molecule has 0 heterocycles. The lowest BCUT2D eigenvalue weighted by molar-refractivity contribution is 0.0682. The molecule has 0 saturated carbocycles. The Bertz CT molecular complexity index is 725. The summed E-state index contributed by atoms with van der Waals surface area (Å²) >= 11 is 0. The number of aliphatic hydroxyl groups excluding tert-OH is 2. The molecule has 5 nitrogen and oxygen atoms in total. The molecule has 0 atom stereocenters. The van der Waals surface area contributed by atoms with Crippen LogP contribution in [0.5, 0.6) is 5.75 Å². The Balaban J connectivity index is 1.78. The zero-order chi connectivity index (χ0) is 20.4. The zero-order valence-corrected chi connectivity index (χ0v) is 16.9. The molecule has 0 aliphatic carbocycles. The van der Waals surface area contributed by atoms with Gasteiger partial charge in [0.2, 0.25) is 0 Å². The number of ether oxygens (including phenoxy) is 1. The van der Waals surface area contributed by atoms with E-state index in [4.69, 9.17) is 4.74 Å². The molecule has 2 aromatic carbocycles. The van der Waals surface area contributed by atoms with Crippen LogP contribution in [-0.2, 0) is 26.4 Å². The Morgan fingerprint density at radius 3 is 2.43 bits per heavy atom. The van der Waals surface area contributed by atoms with Crippen molar-refractivity contribution in [3.8, 4) is 5.75 Å². The first-order valence-corrected chi connectivity index (χ1v) is 9.88. The molecule has 0 bridgehead atoms. The van der Waals surface area contributed by atoms with E-state index in [0.29, 0.717) is 6.61 Å². The smallest absolute Gasteiger partial charge is 0.120 e. The van der Waals surface area contributed by atoms with Gasteiger partial charge in [-0.2, -0.15) is 0 Å². The van der Waals surface area contributed by atoms with Crippen LogP contribution < -0.4 is 10.1 Å². The van der Waals surface area contributed by atoms with Crippen LogP contribution in [0.1, 0.15) is 55.4 Å². The quantitative estimate of drug-likeness (QED) is 0.420. The lowest BCUT2D eigenvalue weighted by Crippen LogP contribution is -2.19. The summed E-state index contributed by atoms with van der Waals surface area (Å²) in [5.74, 6) is 0.804. The van der Waals surface area contributed by atoms with Gasteiger partial charge in [-0.25, -0.2) is 0 Å². The summed E-state index contributed by atoms with van der Waals surface area (Å²) in [4.78, 5) is 0. The second-order valence-electron chi connectivity index (χ2n) is 7.80. The minimum Gasteiger partial charge on any atom is -0.489 e. The van der Waals surface area contributed by atoms with Crippen molar-refractivity contribution in [3.63, 3.8) is 0 Å². The molecule has 0 fully saturated rings. The van der Waals surface area contributed by atoms with Crippen molar-refractivity contribution in [2.75, 3.05) is 6.54 Å². The van der Waals surface area contributed by atoms with E-state index >= 15 is 0 Å². The lowest BCUT2D eigenvalue weighted by atomic mass is 10.0.